The van der Waals surface area contributed by atoms with Crippen molar-refractivity contribution in [1.29, 1.82) is 0 Å². The summed E-state index contributed by atoms with van der Waals surface area (Å²) in [6, 6.07) is 0. The van der Waals surface area contributed by atoms with E-state index in [0.29, 0.717) is 0 Å². The molecular formula is C5H10O2. The van der Waals surface area contributed by atoms with Crippen LogP contribution in [0.3, 0.4) is 0 Å². The summed E-state index contributed by atoms with van der Waals surface area (Å²) in [6.45, 7) is -6.64. The molecule has 7 heavy (non-hydrogen) atoms. The van der Waals surface area contributed by atoms with Gasteiger partial charge in [-0.1, -0.05) is 0 Å². The highest BCUT2D eigenvalue weighted by molar-refractivity contribution is 4.58. The number of aliphatic hydroxyl groups is 1. The first kappa shape index (κ1) is 0.957. The fourth-order valence-corrected chi connectivity index (χ4v) is 0.204. The molecule has 42 valence electrons. The highest BCUT2D eigenvalue weighted by Crippen LogP contribution is 2.03. The molecule has 1 aliphatic rings. The third kappa shape index (κ3) is 1.45. The Labute approximate surface area is 55.7 Å². The van der Waals surface area contributed by atoms with Crippen molar-refractivity contribution < 1.29 is 22.2 Å². The van der Waals surface area contributed by atoms with E-state index in [2.05, 4.69) is 4.74 Å². The molecule has 0 aromatic heterocycles. The van der Waals surface area contributed by atoms with E-state index in [1.165, 1.54) is 0 Å². The van der Waals surface area contributed by atoms with E-state index in [4.69, 9.17) is 12.3 Å². The monoisotopic (exact) mass is 111 g/mol. The van der Waals surface area contributed by atoms with Gasteiger partial charge in [-0.2, -0.15) is 0 Å². The zero-order valence-electron chi connectivity index (χ0n) is 12.4. The van der Waals surface area contributed by atoms with E-state index in [1.54, 1.807) is 0 Å². The van der Waals surface area contributed by atoms with Crippen LogP contribution in [0.5, 0.6) is 0 Å². The van der Waals surface area contributed by atoms with E-state index in [1.807, 2.05) is 0 Å². The molecule has 1 aliphatic heterocycles. The van der Waals surface area contributed by atoms with Crippen LogP contribution in [-0.4, -0.2) is 24.3 Å². The molecule has 1 heterocycles. The van der Waals surface area contributed by atoms with Crippen LogP contribution in [0.25, 0.3) is 0 Å². The van der Waals surface area contributed by atoms with E-state index in [0.717, 1.165) is 0 Å². The van der Waals surface area contributed by atoms with Gasteiger partial charge in [0.25, 0.3) is 0 Å². The summed E-state index contributed by atoms with van der Waals surface area (Å²) in [6.07, 6.45) is -10.5. The third-order valence-corrected chi connectivity index (χ3v) is 0.441. The second-order valence-electron chi connectivity index (χ2n) is 0.905. The Kier molecular flexibility index (Phi) is 0.312. The Morgan fingerprint density at radius 2 is 2.29 bits per heavy atom. The van der Waals surface area contributed by atoms with E-state index in [9.17, 15) is 5.11 Å². The molecule has 0 unspecified atom stereocenters. The van der Waals surface area contributed by atoms with Gasteiger partial charge in [0.1, 0.15) is 0 Å². The van der Waals surface area contributed by atoms with Crippen LogP contribution in [0.1, 0.15) is 25.1 Å². The van der Waals surface area contributed by atoms with Gasteiger partial charge in [-0.3, -0.25) is 0 Å². The number of ether oxygens (including phenoxy) is 1. The van der Waals surface area contributed by atoms with Crippen molar-refractivity contribution in [3.63, 3.8) is 0 Å². The molecular weight excluding hydrogens is 92.1 g/mol. The van der Waals surface area contributed by atoms with Gasteiger partial charge in [0.15, 0.2) is 0 Å². The zero-order chi connectivity index (χ0) is 13.2. The molecule has 1 rings (SSSR count). The van der Waals surface area contributed by atoms with Crippen LogP contribution < -0.4 is 0 Å². The van der Waals surface area contributed by atoms with E-state index < -0.39 is 31.9 Å². The second kappa shape index (κ2) is 2.28. The highest BCUT2D eigenvalue weighted by Gasteiger charge is 2.07. The fourth-order valence-electron chi connectivity index (χ4n) is 0.204. The minimum atomic E-state index is -3.62. The summed E-state index contributed by atoms with van der Waals surface area (Å²) in [7, 11) is 0. The maximum absolute atomic E-state index is 9.46. The Balaban J connectivity index is 3.43. The average Bonchev–Trinajstić information content (AvgIpc) is 1.98. The Bertz CT molecular complexity index is 281. The summed E-state index contributed by atoms with van der Waals surface area (Å²) in [4.78, 5) is 0. The minimum Gasteiger partial charge on any atom is -0.393 e. The fraction of sp³-hybridized carbons (Fsp3) is 1.00. The van der Waals surface area contributed by atoms with Gasteiger partial charge in [-0.15, -0.1) is 0 Å². The van der Waals surface area contributed by atoms with Crippen LogP contribution in [0.15, 0.2) is 0 Å². The predicted octanol–water partition coefficient (Wildman–Crippen LogP) is 0.158. The van der Waals surface area contributed by atoms with Gasteiger partial charge in [0.05, 0.1) is 12.9 Å². The Hall–Kier alpha value is -0.0800. The molecule has 2 nitrogen and oxygen atoms in total. The van der Waals surface area contributed by atoms with Gasteiger partial charge in [0.2, 0.25) is 0 Å². The van der Waals surface area contributed by atoms with Crippen LogP contribution >= 0.6 is 0 Å². The molecule has 1 N–H and O–H groups in total. The van der Waals surface area contributed by atoms with Crippen molar-refractivity contribution in [2.24, 2.45) is 0 Å². The molecule has 0 spiro atoms. The quantitative estimate of drug-likeness (QED) is 0.482. The van der Waals surface area contributed by atoms with Crippen molar-refractivity contribution in [2.45, 2.75) is 18.8 Å². The van der Waals surface area contributed by atoms with Crippen LogP contribution in [0.4, 0.5) is 0 Å². The van der Waals surface area contributed by atoms with Gasteiger partial charge in [-0.25, -0.2) is 0 Å². The summed E-state index contributed by atoms with van der Waals surface area (Å²) in [5.41, 5.74) is 0. The molecule has 0 amide bonds. The molecule has 0 bridgehead atoms. The van der Waals surface area contributed by atoms with E-state index in [-0.39, 0.29) is 0 Å². The Morgan fingerprint density at radius 1 is 1.71 bits per heavy atom. The molecule has 0 saturated carbocycles. The van der Waals surface area contributed by atoms with Gasteiger partial charge < -0.3 is 9.84 Å². The lowest BCUT2D eigenvalue weighted by Crippen LogP contribution is -2.19. The standard InChI is InChI=1S/C5H10O2/c6-5-1-3-7-4-2-5/h5-6H,1-4H2/i1D2,2D2,3D2,4D2,5D. The molecule has 0 radical (unpaired) electrons. The van der Waals surface area contributed by atoms with Crippen LogP contribution in [0.2, 0.25) is 0 Å². The van der Waals surface area contributed by atoms with Crippen molar-refractivity contribution in [1.82, 2.24) is 0 Å². The molecule has 0 aliphatic carbocycles. The summed E-state index contributed by atoms with van der Waals surface area (Å²) >= 11 is 0. The molecule has 0 aromatic rings. The zero-order valence-corrected chi connectivity index (χ0v) is 3.36. The Morgan fingerprint density at radius 3 is 2.86 bits per heavy atom. The number of rotatable bonds is 0. The summed E-state index contributed by atoms with van der Waals surface area (Å²) in [5.74, 6) is 0. The predicted molar refractivity (Wildman–Crippen MR) is 26.1 cm³/mol. The third-order valence-electron chi connectivity index (χ3n) is 0.441. The van der Waals surface area contributed by atoms with Crippen molar-refractivity contribution in [2.75, 3.05) is 13.1 Å². The summed E-state index contributed by atoms with van der Waals surface area (Å²) in [5, 5.41) is 9.46. The summed E-state index contributed by atoms with van der Waals surface area (Å²) < 4.78 is 68.4. The lowest BCUT2D eigenvalue weighted by molar-refractivity contribution is 0.0140. The molecule has 0 aromatic carbocycles. The largest absolute Gasteiger partial charge is 0.393 e. The molecule has 0 atom stereocenters. The maximum Gasteiger partial charge on any atom is 0.0602 e. The van der Waals surface area contributed by atoms with Crippen molar-refractivity contribution in [3.8, 4) is 0 Å². The lowest BCUT2D eigenvalue weighted by Gasteiger charge is -2.15. The maximum atomic E-state index is 9.46. The molecule has 1 fully saturated rings. The van der Waals surface area contributed by atoms with Gasteiger partial charge in [0, 0.05) is 18.6 Å². The normalized spacial score (nSPS) is 77.6. The van der Waals surface area contributed by atoms with Gasteiger partial charge in [-0.05, 0) is 12.7 Å². The number of hydrogen-bond acceptors (Lipinski definition) is 2. The smallest absolute Gasteiger partial charge is 0.0602 e. The minimum absolute atomic E-state index is 3.32. The first-order valence-electron chi connectivity index (χ1n) is 6.13. The van der Waals surface area contributed by atoms with E-state index >= 15 is 0 Å². The second-order valence-corrected chi connectivity index (χ2v) is 0.905. The molecule has 1 saturated heterocycles. The number of hydrogen-bond donors (Lipinski definition) is 1. The SMILES string of the molecule is [2H]C1([2H])OC([2H])([2H])C([2H])([2H])C([2H])(O)C1([2H])[2H]. The van der Waals surface area contributed by atoms with Crippen LogP contribution in [0, 0.1) is 0 Å². The topological polar surface area (TPSA) is 29.5 Å². The van der Waals surface area contributed by atoms with Gasteiger partial charge >= 0.3 is 0 Å². The first-order valence-corrected chi connectivity index (χ1v) is 1.63. The van der Waals surface area contributed by atoms with Crippen LogP contribution in [-0.2, 0) is 4.74 Å². The van der Waals surface area contributed by atoms with Crippen molar-refractivity contribution in [3.05, 3.63) is 0 Å². The first-order chi connectivity index (χ1) is 6.71. The molecule has 2 heteroatoms. The van der Waals surface area contributed by atoms with Crippen molar-refractivity contribution >= 4 is 0 Å². The lowest BCUT2D eigenvalue weighted by atomic mass is 10.2. The average molecular weight is 111 g/mol. The highest BCUT2D eigenvalue weighted by atomic mass is 16.5.